The Labute approximate surface area is 111 Å². The molecule has 2 rings (SSSR count). The fraction of sp³-hybridized carbons (Fsp3) is 0.385. The average Bonchev–Trinajstić information content (AvgIpc) is 2.85. The molecule has 2 aromatic rings. The fourth-order valence-electron chi connectivity index (χ4n) is 1.54. The molecular weight excluding hydrogens is 244 g/mol. The molecule has 1 aromatic carbocycles. The Morgan fingerprint density at radius 3 is 2.83 bits per heavy atom. The van der Waals surface area contributed by atoms with E-state index in [2.05, 4.69) is 33.7 Å². The second-order valence-electron chi connectivity index (χ2n) is 4.23. The van der Waals surface area contributed by atoms with Crippen molar-refractivity contribution in [2.24, 2.45) is 5.73 Å². The Hall–Kier alpha value is -1.46. The second kappa shape index (κ2) is 6.47. The molecule has 0 spiro atoms. The van der Waals surface area contributed by atoms with Gasteiger partial charge in [0.1, 0.15) is 5.82 Å². The van der Waals surface area contributed by atoms with Crippen molar-refractivity contribution < 1.29 is 0 Å². The topological polar surface area (TPSA) is 63.8 Å². The van der Waals surface area contributed by atoms with Crippen LogP contribution in [0.3, 0.4) is 0 Å². The van der Waals surface area contributed by atoms with Gasteiger partial charge in [0.25, 0.3) is 0 Å². The number of hydrogen-bond donors (Lipinski definition) is 2. The lowest BCUT2D eigenvalue weighted by Gasteiger charge is -2.07. The number of benzene rings is 1. The molecule has 3 N–H and O–H groups in total. The minimum atomic E-state index is 0.173. The van der Waals surface area contributed by atoms with Crippen LogP contribution in [-0.4, -0.2) is 21.9 Å². The highest BCUT2D eigenvalue weighted by Crippen LogP contribution is 2.14. The number of nitrogens with zero attached hydrogens (tertiary/aromatic N) is 2. The van der Waals surface area contributed by atoms with Crippen molar-refractivity contribution in [3.05, 3.63) is 41.7 Å². The predicted octanol–water partition coefficient (Wildman–Crippen LogP) is 2.28. The third kappa shape index (κ3) is 3.78. The number of aromatic nitrogens is 2. The first-order valence-electron chi connectivity index (χ1n) is 6.14. The Balaban J connectivity index is 1.90. The molecule has 0 aliphatic heterocycles. The summed E-state index contributed by atoms with van der Waals surface area (Å²) in [7, 11) is 0. The van der Waals surface area contributed by atoms with E-state index in [9.17, 15) is 0 Å². The molecule has 1 heterocycles. The number of nitrogens with one attached hydrogen (secondary N) is 1. The maximum absolute atomic E-state index is 5.85. The summed E-state index contributed by atoms with van der Waals surface area (Å²) in [6.07, 6.45) is 1.74. The lowest BCUT2D eigenvalue weighted by molar-refractivity contribution is 0.679. The molecule has 0 radical (unpaired) electrons. The van der Waals surface area contributed by atoms with Gasteiger partial charge in [-0.05, 0) is 12.0 Å². The van der Waals surface area contributed by atoms with Crippen LogP contribution < -0.4 is 11.1 Å². The summed E-state index contributed by atoms with van der Waals surface area (Å²) in [6, 6.07) is 10.4. The van der Waals surface area contributed by atoms with Gasteiger partial charge in [0.2, 0.25) is 5.13 Å². The summed E-state index contributed by atoms with van der Waals surface area (Å²) in [5.74, 6) is 0.860. The van der Waals surface area contributed by atoms with Crippen molar-refractivity contribution in [3.63, 3.8) is 0 Å². The van der Waals surface area contributed by atoms with E-state index in [1.54, 1.807) is 0 Å². The third-order valence-corrected chi connectivity index (χ3v) is 3.42. The van der Waals surface area contributed by atoms with Gasteiger partial charge >= 0.3 is 0 Å². The van der Waals surface area contributed by atoms with E-state index >= 15 is 0 Å². The van der Waals surface area contributed by atoms with Crippen LogP contribution in [0.15, 0.2) is 30.3 Å². The van der Waals surface area contributed by atoms with E-state index < -0.39 is 0 Å². The molecule has 0 saturated heterocycles. The monoisotopic (exact) mass is 262 g/mol. The average molecular weight is 262 g/mol. The highest BCUT2D eigenvalue weighted by Gasteiger charge is 2.06. The van der Waals surface area contributed by atoms with Gasteiger partial charge in [0.05, 0.1) is 0 Å². The molecular formula is C13H18N4S. The zero-order chi connectivity index (χ0) is 12.8. The van der Waals surface area contributed by atoms with Gasteiger partial charge in [-0.1, -0.05) is 37.3 Å². The quantitative estimate of drug-likeness (QED) is 0.838. The lowest BCUT2D eigenvalue weighted by atomic mass is 10.1. The molecule has 5 heteroatoms. The van der Waals surface area contributed by atoms with Crippen LogP contribution in [0.4, 0.5) is 5.13 Å². The fourth-order valence-corrected chi connectivity index (χ4v) is 2.13. The summed E-state index contributed by atoms with van der Waals surface area (Å²) in [5, 5.41) is 4.07. The van der Waals surface area contributed by atoms with E-state index in [-0.39, 0.29) is 6.04 Å². The minimum Gasteiger partial charge on any atom is -0.359 e. The van der Waals surface area contributed by atoms with E-state index in [0.29, 0.717) is 0 Å². The SMILES string of the molecule is CCC(N)CNc1nc(Cc2ccccc2)ns1. The predicted molar refractivity (Wildman–Crippen MR) is 75.9 cm³/mol. The molecule has 0 bridgehead atoms. The Kier molecular flexibility index (Phi) is 4.66. The summed E-state index contributed by atoms with van der Waals surface area (Å²) < 4.78 is 4.34. The molecule has 18 heavy (non-hydrogen) atoms. The molecule has 4 nitrogen and oxygen atoms in total. The van der Waals surface area contributed by atoms with Crippen LogP contribution in [0.1, 0.15) is 24.7 Å². The smallest absolute Gasteiger partial charge is 0.202 e. The van der Waals surface area contributed by atoms with Crippen LogP contribution in [0.25, 0.3) is 0 Å². The number of anilines is 1. The zero-order valence-corrected chi connectivity index (χ0v) is 11.3. The molecule has 0 aliphatic carbocycles. The van der Waals surface area contributed by atoms with E-state index in [4.69, 9.17) is 5.73 Å². The molecule has 1 atom stereocenters. The summed E-state index contributed by atoms with van der Waals surface area (Å²) in [4.78, 5) is 4.45. The minimum absolute atomic E-state index is 0.173. The van der Waals surface area contributed by atoms with E-state index in [1.807, 2.05) is 18.2 Å². The van der Waals surface area contributed by atoms with Crippen LogP contribution in [0.2, 0.25) is 0 Å². The van der Waals surface area contributed by atoms with Gasteiger partial charge in [-0.25, -0.2) is 4.98 Å². The van der Waals surface area contributed by atoms with Crippen molar-refractivity contribution in [3.8, 4) is 0 Å². The highest BCUT2D eigenvalue weighted by molar-refractivity contribution is 7.09. The van der Waals surface area contributed by atoms with Crippen molar-refractivity contribution in [2.75, 3.05) is 11.9 Å². The first-order valence-corrected chi connectivity index (χ1v) is 6.91. The zero-order valence-electron chi connectivity index (χ0n) is 10.5. The number of hydrogen-bond acceptors (Lipinski definition) is 5. The van der Waals surface area contributed by atoms with E-state index in [0.717, 1.165) is 30.3 Å². The maximum atomic E-state index is 5.85. The number of nitrogens with two attached hydrogens (primary N) is 1. The van der Waals surface area contributed by atoms with Crippen molar-refractivity contribution in [1.29, 1.82) is 0 Å². The van der Waals surface area contributed by atoms with E-state index in [1.165, 1.54) is 17.1 Å². The Morgan fingerprint density at radius 1 is 1.33 bits per heavy atom. The molecule has 1 aromatic heterocycles. The van der Waals surface area contributed by atoms with Gasteiger partial charge in [-0.2, -0.15) is 4.37 Å². The summed E-state index contributed by atoms with van der Waals surface area (Å²) in [6.45, 7) is 2.82. The maximum Gasteiger partial charge on any atom is 0.202 e. The Bertz CT molecular complexity index is 469. The molecule has 1 unspecified atom stereocenters. The largest absolute Gasteiger partial charge is 0.359 e. The van der Waals surface area contributed by atoms with Crippen molar-refractivity contribution >= 4 is 16.7 Å². The van der Waals surface area contributed by atoms with Gasteiger partial charge < -0.3 is 11.1 Å². The molecule has 96 valence electrons. The number of rotatable bonds is 6. The molecule has 0 aliphatic rings. The van der Waals surface area contributed by atoms with Crippen molar-refractivity contribution in [2.45, 2.75) is 25.8 Å². The normalized spacial score (nSPS) is 12.3. The Morgan fingerprint density at radius 2 is 2.11 bits per heavy atom. The lowest BCUT2D eigenvalue weighted by Crippen LogP contribution is -2.27. The third-order valence-electron chi connectivity index (χ3n) is 2.71. The highest BCUT2D eigenvalue weighted by atomic mass is 32.1. The standard InChI is InChI=1S/C13H18N4S/c1-2-11(14)9-15-13-16-12(17-18-13)8-10-6-4-3-5-7-10/h3-7,11H,2,8-9,14H2,1H3,(H,15,16,17). The summed E-state index contributed by atoms with van der Waals surface area (Å²) in [5.41, 5.74) is 7.07. The molecule has 0 saturated carbocycles. The van der Waals surface area contributed by atoms with Crippen LogP contribution in [0.5, 0.6) is 0 Å². The van der Waals surface area contributed by atoms with Gasteiger partial charge in [-0.3, -0.25) is 0 Å². The first kappa shape index (κ1) is 13.0. The van der Waals surface area contributed by atoms with Gasteiger partial charge in [-0.15, -0.1) is 0 Å². The van der Waals surface area contributed by atoms with Crippen molar-refractivity contribution in [1.82, 2.24) is 9.36 Å². The van der Waals surface area contributed by atoms with Crippen LogP contribution in [-0.2, 0) is 6.42 Å². The van der Waals surface area contributed by atoms with Crippen LogP contribution in [0, 0.1) is 0 Å². The van der Waals surface area contributed by atoms with Crippen LogP contribution >= 0.6 is 11.5 Å². The first-order chi connectivity index (χ1) is 8.78. The summed E-state index contributed by atoms with van der Waals surface area (Å²) >= 11 is 1.39. The molecule has 0 amide bonds. The van der Waals surface area contributed by atoms with Gasteiger partial charge in [0, 0.05) is 30.5 Å². The second-order valence-corrected chi connectivity index (χ2v) is 4.98. The van der Waals surface area contributed by atoms with Gasteiger partial charge in [0.15, 0.2) is 0 Å². The molecule has 0 fully saturated rings.